The van der Waals surface area contributed by atoms with E-state index in [4.69, 9.17) is 0 Å². The van der Waals surface area contributed by atoms with Crippen molar-refractivity contribution in [1.29, 1.82) is 0 Å². The van der Waals surface area contributed by atoms with Crippen LogP contribution in [0.1, 0.15) is 36.8 Å². The first kappa shape index (κ1) is 20.0. The third-order valence-electron chi connectivity index (χ3n) is 4.27. The molecule has 1 atom stereocenters. The van der Waals surface area contributed by atoms with Crippen molar-refractivity contribution in [2.75, 3.05) is 5.32 Å². The highest BCUT2D eigenvalue weighted by molar-refractivity contribution is 6.39. The molecule has 9 nitrogen and oxygen atoms in total. The lowest BCUT2D eigenvalue weighted by molar-refractivity contribution is -0.136. The number of aromatic amines is 1. The van der Waals surface area contributed by atoms with Gasteiger partial charge in [0.2, 0.25) is 5.95 Å². The van der Waals surface area contributed by atoms with Crippen molar-refractivity contribution >= 4 is 17.6 Å². The Labute approximate surface area is 167 Å². The van der Waals surface area contributed by atoms with Crippen molar-refractivity contribution < 1.29 is 9.59 Å². The molecule has 3 rings (SSSR count). The first-order chi connectivity index (χ1) is 13.9. The number of carbonyl (C=O) groups is 2. The summed E-state index contributed by atoms with van der Waals surface area (Å²) in [6.07, 6.45) is 0.568. The molecule has 2 aromatic heterocycles. The molecule has 29 heavy (non-hydrogen) atoms. The van der Waals surface area contributed by atoms with Crippen molar-refractivity contribution in [3.05, 3.63) is 69.8 Å². The number of anilines is 1. The number of nitrogens with one attached hydrogen (secondary N) is 3. The summed E-state index contributed by atoms with van der Waals surface area (Å²) in [5.74, 6) is -1.24. The summed E-state index contributed by atoms with van der Waals surface area (Å²) in [6.45, 7) is 5.39. The maximum atomic E-state index is 12.4. The van der Waals surface area contributed by atoms with E-state index in [9.17, 15) is 14.4 Å². The summed E-state index contributed by atoms with van der Waals surface area (Å²) in [4.78, 5) is 43.5. The number of H-pyrrole nitrogens is 1. The van der Waals surface area contributed by atoms with E-state index in [2.05, 4.69) is 25.7 Å². The molecular formula is C20H22N6O3. The predicted molar refractivity (Wildman–Crippen MR) is 108 cm³/mol. The molecule has 0 fully saturated rings. The van der Waals surface area contributed by atoms with Gasteiger partial charge in [-0.3, -0.25) is 19.4 Å². The lowest BCUT2D eigenvalue weighted by Gasteiger charge is -2.14. The predicted octanol–water partition coefficient (Wildman–Crippen LogP) is 1.64. The summed E-state index contributed by atoms with van der Waals surface area (Å²) < 4.78 is 1.29. The molecule has 9 heteroatoms. The van der Waals surface area contributed by atoms with Gasteiger partial charge in [-0.25, -0.2) is 4.98 Å². The number of carbonyl (C=O) groups excluding carboxylic acids is 2. The molecule has 0 spiro atoms. The van der Waals surface area contributed by atoms with Gasteiger partial charge in [0.1, 0.15) is 5.82 Å². The van der Waals surface area contributed by atoms with Gasteiger partial charge >= 0.3 is 11.8 Å². The van der Waals surface area contributed by atoms with Gasteiger partial charge in [-0.05, 0) is 25.8 Å². The van der Waals surface area contributed by atoms with Crippen molar-refractivity contribution in [2.45, 2.75) is 33.2 Å². The quantitative estimate of drug-likeness (QED) is 0.568. The summed E-state index contributed by atoms with van der Waals surface area (Å²) in [7, 11) is 0. The third kappa shape index (κ3) is 4.75. The molecule has 150 valence electrons. The van der Waals surface area contributed by atoms with Gasteiger partial charge in [0.25, 0.3) is 5.56 Å². The number of aryl methyl sites for hydroxylation is 2. The van der Waals surface area contributed by atoms with E-state index in [1.807, 2.05) is 37.3 Å². The molecule has 0 bridgehead atoms. The summed E-state index contributed by atoms with van der Waals surface area (Å²) in [5.41, 5.74) is 1.73. The van der Waals surface area contributed by atoms with Crippen LogP contribution in [-0.4, -0.2) is 31.6 Å². The summed E-state index contributed by atoms with van der Waals surface area (Å²) >= 11 is 0. The molecule has 0 saturated heterocycles. The number of rotatable bonds is 5. The van der Waals surface area contributed by atoms with E-state index in [1.165, 1.54) is 10.7 Å². The fourth-order valence-electron chi connectivity index (χ4n) is 2.79. The normalized spacial score (nSPS) is 11.7. The second kappa shape index (κ2) is 8.51. The Bertz CT molecular complexity index is 1090. The Hall–Kier alpha value is -3.75. The van der Waals surface area contributed by atoms with Crippen molar-refractivity contribution in [1.82, 2.24) is 25.1 Å². The second-order valence-electron chi connectivity index (χ2n) is 6.56. The molecule has 0 aliphatic rings. The second-order valence-corrected chi connectivity index (χ2v) is 6.56. The number of benzene rings is 1. The number of hydrogen-bond donors (Lipinski definition) is 3. The molecular weight excluding hydrogens is 372 g/mol. The number of aromatic nitrogens is 4. The standard InChI is InChI=1S/C20H22N6O3/c1-4-15-11-17(27)24-20(22-15)26-16(10-12(2)25-26)23-19(29)18(28)21-13(3)14-8-6-5-7-9-14/h5-11,13H,4H2,1-3H3,(H,21,28)(H,23,29)(H,22,24,27). The van der Waals surface area contributed by atoms with Crippen LogP contribution in [0.5, 0.6) is 0 Å². The Morgan fingerprint density at radius 1 is 1.17 bits per heavy atom. The topological polar surface area (TPSA) is 122 Å². The Morgan fingerprint density at radius 3 is 2.59 bits per heavy atom. The first-order valence-electron chi connectivity index (χ1n) is 9.21. The van der Waals surface area contributed by atoms with E-state index < -0.39 is 11.8 Å². The monoisotopic (exact) mass is 394 g/mol. The molecule has 3 aromatic rings. The average Bonchev–Trinajstić information content (AvgIpc) is 3.08. The zero-order valence-electron chi connectivity index (χ0n) is 16.4. The molecule has 1 aromatic carbocycles. The average molecular weight is 394 g/mol. The van der Waals surface area contributed by atoms with E-state index in [0.717, 1.165) is 5.56 Å². The van der Waals surface area contributed by atoms with Crippen LogP contribution in [0.2, 0.25) is 0 Å². The highest BCUT2D eigenvalue weighted by Crippen LogP contribution is 2.15. The van der Waals surface area contributed by atoms with Gasteiger partial charge in [-0.1, -0.05) is 37.3 Å². The minimum absolute atomic E-state index is 0.163. The number of hydrogen-bond acceptors (Lipinski definition) is 5. The molecule has 0 saturated carbocycles. The van der Waals surface area contributed by atoms with Gasteiger partial charge in [-0.2, -0.15) is 9.78 Å². The van der Waals surface area contributed by atoms with E-state index in [1.54, 1.807) is 19.9 Å². The van der Waals surface area contributed by atoms with Crippen LogP contribution in [0.4, 0.5) is 5.82 Å². The Morgan fingerprint density at radius 2 is 1.90 bits per heavy atom. The van der Waals surface area contributed by atoms with Gasteiger partial charge in [0.05, 0.1) is 11.7 Å². The molecule has 2 heterocycles. The van der Waals surface area contributed by atoms with E-state index in [0.29, 0.717) is 17.8 Å². The lowest BCUT2D eigenvalue weighted by Crippen LogP contribution is -2.37. The molecule has 2 amide bonds. The van der Waals surface area contributed by atoms with Gasteiger partial charge in [0.15, 0.2) is 0 Å². The van der Waals surface area contributed by atoms with Crippen LogP contribution in [0, 0.1) is 6.92 Å². The summed E-state index contributed by atoms with van der Waals surface area (Å²) in [5, 5.41) is 9.44. The lowest BCUT2D eigenvalue weighted by atomic mass is 10.1. The van der Waals surface area contributed by atoms with Crippen molar-refractivity contribution in [2.24, 2.45) is 0 Å². The fourth-order valence-corrected chi connectivity index (χ4v) is 2.79. The van der Waals surface area contributed by atoms with Crippen LogP contribution >= 0.6 is 0 Å². The van der Waals surface area contributed by atoms with Crippen molar-refractivity contribution in [3.8, 4) is 5.95 Å². The Kier molecular flexibility index (Phi) is 5.87. The zero-order chi connectivity index (χ0) is 21.0. The van der Waals surface area contributed by atoms with E-state index >= 15 is 0 Å². The minimum atomic E-state index is -0.845. The highest BCUT2D eigenvalue weighted by Gasteiger charge is 2.20. The van der Waals surface area contributed by atoms with Crippen LogP contribution < -0.4 is 16.2 Å². The summed E-state index contributed by atoms with van der Waals surface area (Å²) in [6, 6.07) is 12.0. The molecule has 0 radical (unpaired) electrons. The van der Waals surface area contributed by atoms with Gasteiger partial charge < -0.3 is 10.6 Å². The van der Waals surface area contributed by atoms with Crippen LogP contribution in [0.25, 0.3) is 5.95 Å². The van der Waals surface area contributed by atoms with Gasteiger partial charge in [0, 0.05) is 17.8 Å². The maximum absolute atomic E-state index is 12.4. The zero-order valence-corrected chi connectivity index (χ0v) is 16.4. The fraction of sp³-hybridized carbons (Fsp3) is 0.250. The minimum Gasteiger partial charge on any atom is -0.341 e. The third-order valence-corrected chi connectivity index (χ3v) is 4.27. The van der Waals surface area contributed by atoms with Crippen LogP contribution in [-0.2, 0) is 16.0 Å². The molecule has 3 N–H and O–H groups in total. The molecule has 0 aliphatic carbocycles. The van der Waals surface area contributed by atoms with Crippen LogP contribution in [0.15, 0.2) is 47.3 Å². The van der Waals surface area contributed by atoms with Gasteiger partial charge in [-0.15, -0.1) is 0 Å². The first-order valence-corrected chi connectivity index (χ1v) is 9.21. The Balaban J connectivity index is 1.78. The maximum Gasteiger partial charge on any atom is 0.314 e. The SMILES string of the molecule is CCc1cc(=O)[nH]c(-n2nc(C)cc2NC(=O)C(=O)NC(C)c2ccccc2)n1. The molecule has 1 unspecified atom stereocenters. The van der Waals surface area contributed by atoms with E-state index in [-0.39, 0.29) is 23.4 Å². The number of nitrogens with zero attached hydrogens (tertiary/aromatic N) is 3. The largest absolute Gasteiger partial charge is 0.341 e. The highest BCUT2D eigenvalue weighted by atomic mass is 16.2. The smallest absolute Gasteiger partial charge is 0.314 e. The number of amides is 2. The molecule has 0 aliphatic heterocycles. The van der Waals surface area contributed by atoms with Crippen LogP contribution in [0.3, 0.4) is 0 Å². The van der Waals surface area contributed by atoms with Crippen molar-refractivity contribution in [3.63, 3.8) is 0 Å².